The van der Waals surface area contributed by atoms with E-state index < -0.39 is 0 Å². The first-order chi connectivity index (χ1) is 13.2. The number of ether oxygens (including phenoxy) is 1. The van der Waals surface area contributed by atoms with Gasteiger partial charge in [0.05, 0.1) is 18.2 Å². The van der Waals surface area contributed by atoms with E-state index in [1.807, 2.05) is 74.5 Å². The maximum Gasteiger partial charge on any atom is 0.233 e. The summed E-state index contributed by atoms with van der Waals surface area (Å²) in [5.41, 5.74) is 3.47. The number of hydrogen-bond donors (Lipinski definition) is 1. The number of amides is 1. The Hall–Kier alpha value is -3.21. The van der Waals surface area contributed by atoms with Crippen LogP contribution in [0, 0.1) is 0 Å². The molecule has 1 heterocycles. The lowest BCUT2D eigenvalue weighted by atomic mass is 9.95. The molecule has 3 rings (SSSR count). The molecular formula is C22H23N3O2. The van der Waals surface area contributed by atoms with Crippen molar-refractivity contribution in [3.63, 3.8) is 0 Å². The molecule has 3 aromatic rings. The Morgan fingerprint density at radius 3 is 2.30 bits per heavy atom. The normalized spacial score (nSPS) is 11.6. The summed E-state index contributed by atoms with van der Waals surface area (Å²) in [7, 11) is 0. The molecule has 0 saturated carbocycles. The topological polar surface area (TPSA) is 64.1 Å². The Kier molecular flexibility index (Phi) is 6.15. The van der Waals surface area contributed by atoms with Gasteiger partial charge in [-0.05, 0) is 37.1 Å². The maximum atomic E-state index is 12.7. The second-order valence-electron chi connectivity index (χ2n) is 6.13. The van der Waals surface area contributed by atoms with Crippen molar-refractivity contribution in [2.24, 2.45) is 0 Å². The summed E-state index contributed by atoms with van der Waals surface area (Å²) < 4.78 is 5.31. The second kappa shape index (κ2) is 8.94. The SMILES string of the molecule is CCOc1ccc(-c2ccc(NC(=O)[C@H](CC)c3ccccc3)cc2)nn1. The molecule has 27 heavy (non-hydrogen) atoms. The number of hydrogen-bond acceptors (Lipinski definition) is 4. The van der Waals surface area contributed by atoms with E-state index in [2.05, 4.69) is 15.5 Å². The van der Waals surface area contributed by atoms with Gasteiger partial charge >= 0.3 is 0 Å². The average molecular weight is 361 g/mol. The molecule has 5 heteroatoms. The Labute approximate surface area is 159 Å². The van der Waals surface area contributed by atoms with E-state index >= 15 is 0 Å². The lowest BCUT2D eigenvalue weighted by molar-refractivity contribution is -0.117. The zero-order valence-corrected chi connectivity index (χ0v) is 15.6. The highest BCUT2D eigenvalue weighted by molar-refractivity contribution is 5.96. The van der Waals surface area contributed by atoms with Gasteiger partial charge in [0.1, 0.15) is 0 Å². The zero-order valence-electron chi connectivity index (χ0n) is 15.6. The van der Waals surface area contributed by atoms with Crippen LogP contribution in [-0.2, 0) is 4.79 Å². The molecule has 0 aliphatic heterocycles. The number of carbonyl (C=O) groups excluding carboxylic acids is 1. The van der Waals surface area contributed by atoms with Crippen LogP contribution in [-0.4, -0.2) is 22.7 Å². The zero-order chi connectivity index (χ0) is 19.1. The van der Waals surface area contributed by atoms with Crippen LogP contribution in [0.1, 0.15) is 31.7 Å². The maximum absolute atomic E-state index is 12.7. The Bertz CT molecular complexity index is 862. The fourth-order valence-corrected chi connectivity index (χ4v) is 2.91. The monoisotopic (exact) mass is 361 g/mol. The molecule has 0 radical (unpaired) electrons. The van der Waals surface area contributed by atoms with Crippen molar-refractivity contribution in [2.75, 3.05) is 11.9 Å². The van der Waals surface area contributed by atoms with Crippen LogP contribution >= 0.6 is 0 Å². The summed E-state index contributed by atoms with van der Waals surface area (Å²) in [5, 5.41) is 11.2. The first-order valence-corrected chi connectivity index (χ1v) is 9.14. The molecule has 0 fully saturated rings. The minimum Gasteiger partial charge on any atom is -0.477 e. The predicted octanol–water partition coefficient (Wildman–Crippen LogP) is 4.67. The van der Waals surface area contributed by atoms with Gasteiger partial charge in [-0.1, -0.05) is 49.4 Å². The Morgan fingerprint density at radius 1 is 0.963 bits per heavy atom. The molecule has 0 bridgehead atoms. The van der Waals surface area contributed by atoms with Gasteiger partial charge in [0, 0.05) is 17.3 Å². The van der Waals surface area contributed by atoms with Crippen LogP contribution in [0.15, 0.2) is 66.7 Å². The van der Waals surface area contributed by atoms with Crippen molar-refractivity contribution in [1.29, 1.82) is 0 Å². The van der Waals surface area contributed by atoms with Crippen molar-refractivity contribution >= 4 is 11.6 Å². The number of carbonyl (C=O) groups is 1. The van der Waals surface area contributed by atoms with Gasteiger partial charge in [-0.25, -0.2) is 0 Å². The number of aromatic nitrogens is 2. The molecule has 1 amide bonds. The highest BCUT2D eigenvalue weighted by Gasteiger charge is 2.18. The lowest BCUT2D eigenvalue weighted by Gasteiger charge is -2.15. The molecule has 5 nitrogen and oxygen atoms in total. The van der Waals surface area contributed by atoms with E-state index in [9.17, 15) is 4.79 Å². The molecule has 2 aromatic carbocycles. The summed E-state index contributed by atoms with van der Waals surface area (Å²) in [4.78, 5) is 12.7. The minimum absolute atomic E-state index is 0.00249. The van der Waals surface area contributed by atoms with E-state index in [4.69, 9.17) is 4.74 Å². The van der Waals surface area contributed by atoms with Crippen molar-refractivity contribution in [1.82, 2.24) is 10.2 Å². The van der Waals surface area contributed by atoms with Crippen LogP contribution in [0.2, 0.25) is 0 Å². The lowest BCUT2D eigenvalue weighted by Crippen LogP contribution is -2.20. The van der Waals surface area contributed by atoms with Crippen molar-refractivity contribution in [3.05, 3.63) is 72.3 Å². The van der Waals surface area contributed by atoms with Gasteiger partial charge in [-0.2, -0.15) is 0 Å². The van der Waals surface area contributed by atoms with Crippen molar-refractivity contribution < 1.29 is 9.53 Å². The molecule has 138 valence electrons. The molecule has 1 N–H and O–H groups in total. The summed E-state index contributed by atoms with van der Waals surface area (Å²) >= 11 is 0. The van der Waals surface area contributed by atoms with Gasteiger partial charge in [-0.3, -0.25) is 4.79 Å². The third-order valence-corrected chi connectivity index (χ3v) is 4.31. The summed E-state index contributed by atoms with van der Waals surface area (Å²) in [6.45, 7) is 4.48. The third kappa shape index (κ3) is 4.70. The highest BCUT2D eigenvalue weighted by atomic mass is 16.5. The van der Waals surface area contributed by atoms with E-state index in [0.29, 0.717) is 12.5 Å². The van der Waals surface area contributed by atoms with E-state index in [0.717, 1.165) is 28.9 Å². The molecule has 1 atom stereocenters. The minimum atomic E-state index is -0.164. The number of nitrogens with zero attached hydrogens (tertiary/aromatic N) is 2. The number of nitrogens with one attached hydrogen (secondary N) is 1. The molecule has 1 aromatic heterocycles. The fraction of sp³-hybridized carbons (Fsp3) is 0.227. The van der Waals surface area contributed by atoms with Crippen LogP contribution in [0.25, 0.3) is 11.3 Å². The Morgan fingerprint density at radius 2 is 1.70 bits per heavy atom. The Balaban J connectivity index is 1.69. The fourth-order valence-electron chi connectivity index (χ4n) is 2.91. The largest absolute Gasteiger partial charge is 0.477 e. The van der Waals surface area contributed by atoms with Gasteiger partial charge in [-0.15, -0.1) is 10.2 Å². The quantitative estimate of drug-likeness (QED) is 0.664. The summed E-state index contributed by atoms with van der Waals surface area (Å²) in [5.74, 6) is 0.344. The van der Waals surface area contributed by atoms with E-state index in [1.165, 1.54) is 0 Å². The molecule has 0 saturated heterocycles. The van der Waals surface area contributed by atoms with Gasteiger partial charge < -0.3 is 10.1 Å². The first kappa shape index (κ1) is 18.6. The smallest absolute Gasteiger partial charge is 0.233 e. The van der Waals surface area contributed by atoms with Gasteiger partial charge in [0.25, 0.3) is 0 Å². The summed E-state index contributed by atoms with van der Waals surface area (Å²) in [6, 6.07) is 21.1. The average Bonchev–Trinajstić information content (AvgIpc) is 2.71. The van der Waals surface area contributed by atoms with Crippen molar-refractivity contribution in [3.8, 4) is 17.1 Å². The molecule has 0 aliphatic rings. The number of anilines is 1. The van der Waals surface area contributed by atoms with E-state index in [-0.39, 0.29) is 11.8 Å². The van der Waals surface area contributed by atoms with Crippen LogP contribution in [0.3, 0.4) is 0 Å². The van der Waals surface area contributed by atoms with Gasteiger partial charge in [0.2, 0.25) is 11.8 Å². The van der Waals surface area contributed by atoms with Crippen LogP contribution in [0.5, 0.6) is 5.88 Å². The number of benzene rings is 2. The summed E-state index contributed by atoms with van der Waals surface area (Å²) in [6.07, 6.45) is 0.746. The first-order valence-electron chi connectivity index (χ1n) is 9.14. The molecular weight excluding hydrogens is 338 g/mol. The molecule has 0 aliphatic carbocycles. The standard InChI is InChI=1S/C22H23N3O2/c1-3-19(16-8-6-5-7-9-16)22(26)23-18-12-10-17(11-13-18)20-14-15-21(25-24-20)27-4-2/h5-15,19H,3-4H2,1-2H3,(H,23,26)/t19-/m1/s1. The van der Waals surface area contributed by atoms with Crippen molar-refractivity contribution in [2.45, 2.75) is 26.2 Å². The third-order valence-electron chi connectivity index (χ3n) is 4.31. The second-order valence-corrected chi connectivity index (χ2v) is 6.13. The number of rotatable bonds is 7. The highest BCUT2D eigenvalue weighted by Crippen LogP contribution is 2.23. The molecule has 0 unspecified atom stereocenters. The van der Waals surface area contributed by atoms with Crippen LogP contribution < -0.4 is 10.1 Å². The predicted molar refractivity (Wildman–Crippen MR) is 107 cm³/mol. The molecule has 0 spiro atoms. The van der Waals surface area contributed by atoms with E-state index in [1.54, 1.807) is 6.07 Å². The van der Waals surface area contributed by atoms with Gasteiger partial charge in [0.15, 0.2) is 0 Å². The van der Waals surface area contributed by atoms with Crippen LogP contribution in [0.4, 0.5) is 5.69 Å².